The van der Waals surface area contributed by atoms with E-state index in [0.717, 1.165) is 28.6 Å². The van der Waals surface area contributed by atoms with Crippen molar-refractivity contribution in [3.05, 3.63) is 89.3 Å². The number of hydrogen-bond donors (Lipinski definition) is 5. The number of benzene rings is 2. The van der Waals surface area contributed by atoms with Gasteiger partial charge in [-0.1, -0.05) is 39.0 Å². The van der Waals surface area contributed by atoms with Crippen molar-refractivity contribution in [2.24, 2.45) is 11.5 Å². The van der Waals surface area contributed by atoms with Crippen LogP contribution in [0.2, 0.25) is 0 Å². The first kappa shape index (κ1) is 37.5. The molecule has 2 amide bonds. The van der Waals surface area contributed by atoms with Gasteiger partial charge >= 0.3 is 12.1 Å². The normalized spacial score (nSPS) is 12.9. The van der Waals surface area contributed by atoms with Gasteiger partial charge in [-0.05, 0) is 60.5 Å². The molecular formula is C32H35F5N6O5. The quantitative estimate of drug-likeness (QED) is 0.141. The molecule has 0 saturated heterocycles. The molecule has 2 heterocycles. The predicted octanol–water partition coefficient (Wildman–Crippen LogP) is 5.15. The molecule has 0 fully saturated rings. The first-order valence-corrected chi connectivity index (χ1v) is 14.6. The van der Waals surface area contributed by atoms with E-state index in [9.17, 15) is 31.5 Å². The van der Waals surface area contributed by atoms with Crippen molar-refractivity contribution in [1.29, 1.82) is 0 Å². The Hall–Kier alpha value is -4.96. The second kappa shape index (κ2) is 15.8. The SMILES string of the molecule is CC(C)(C)c1ccc2cc(NC(=O)c3coc([C@@H](CCc4ccc(F)cc4F)NC(=O)[C@H](N)CCN)n3)cnc2c1.O=C(O)C(F)(F)F. The summed E-state index contributed by atoms with van der Waals surface area (Å²) in [5.74, 6) is -5.16. The van der Waals surface area contributed by atoms with Crippen LogP contribution in [-0.4, -0.2) is 51.6 Å². The fourth-order valence-electron chi connectivity index (χ4n) is 4.27. The van der Waals surface area contributed by atoms with Crippen LogP contribution < -0.4 is 22.1 Å². The van der Waals surface area contributed by atoms with Gasteiger partial charge in [-0.15, -0.1) is 0 Å². The number of hydrogen-bond acceptors (Lipinski definition) is 8. The second-order valence-corrected chi connectivity index (χ2v) is 11.7. The molecule has 4 aromatic rings. The molecule has 0 bridgehead atoms. The third kappa shape index (κ3) is 10.5. The highest BCUT2D eigenvalue weighted by Crippen LogP contribution is 2.27. The number of amides is 2. The molecule has 0 unspecified atom stereocenters. The van der Waals surface area contributed by atoms with Gasteiger partial charge in [0, 0.05) is 11.5 Å². The minimum absolute atomic E-state index is 0.0204. The summed E-state index contributed by atoms with van der Waals surface area (Å²) in [5, 5.41) is 13.5. The molecule has 0 aliphatic carbocycles. The number of carboxylic acid groups (broad SMARTS) is 1. The van der Waals surface area contributed by atoms with Gasteiger partial charge in [0.05, 0.1) is 23.4 Å². The number of carboxylic acids is 1. The van der Waals surface area contributed by atoms with Crippen LogP contribution in [0.4, 0.5) is 27.6 Å². The van der Waals surface area contributed by atoms with Crippen LogP contribution in [0.1, 0.15) is 67.2 Å². The zero-order chi connectivity index (χ0) is 35.8. The summed E-state index contributed by atoms with van der Waals surface area (Å²) in [6, 6.07) is 9.40. The van der Waals surface area contributed by atoms with Gasteiger partial charge in [-0.25, -0.2) is 18.6 Å². The number of pyridine rings is 1. The number of rotatable bonds is 10. The Morgan fingerprint density at radius 1 is 1.02 bits per heavy atom. The lowest BCUT2D eigenvalue weighted by Gasteiger charge is -2.19. The minimum atomic E-state index is -5.08. The van der Waals surface area contributed by atoms with E-state index in [1.165, 1.54) is 12.3 Å². The molecule has 0 saturated carbocycles. The van der Waals surface area contributed by atoms with Gasteiger partial charge in [-0.3, -0.25) is 14.6 Å². The Bertz CT molecular complexity index is 1760. The summed E-state index contributed by atoms with van der Waals surface area (Å²) >= 11 is 0. The number of anilines is 1. The molecule has 7 N–H and O–H groups in total. The van der Waals surface area contributed by atoms with Gasteiger partial charge in [0.25, 0.3) is 5.91 Å². The maximum Gasteiger partial charge on any atom is 0.490 e. The van der Waals surface area contributed by atoms with E-state index in [0.29, 0.717) is 5.69 Å². The van der Waals surface area contributed by atoms with Gasteiger partial charge in [-0.2, -0.15) is 13.2 Å². The zero-order valence-electron chi connectivity index (χ0n) is 26.2. The Kier molecular flexibility index (Phi) is 12.3. The molecule has 16 heteroatoms. The maximum absolute atomic E-state index is 14.2. The van der Waals surface area contributed by atoms with Crippen molar-refractivity contribution in [2.45, 2.75) is 63.7 Å². The molecule has 11 nitrogen and oxygen atoms in total. The number of carbonyl (C=O) groups is 3. The summed E-state index contributed by atoms with van der Waals surface area (Å²) in [6.07, 6.45) is -1.82. The number of alkyl halides is 3. The summed E-state index contributed by atoms with van der Waals surface area (Å²) in [4.78, 5) is 43.3. The van der Waals surface area contributed by atoms with Crippen molar-refractivity contribution in [3.63, 3.8) is 0 Å². The first-order chi connectivity index (χ1) is 22.4. The number of aryl methyl sites for hydroxylation is 1. The lowest BCUT2D eigenvalue weighted by atomic mass is 9.86. The summed E-state index contributed by atoms with van der Waals surface area (Å²) in [7, 11) is 0. The highest BCUT2D eigenvalue weighted by atomic mass is 19.4. The molecular weight excluding hydrogens is 643 g/mol. The number of fused-ring (bicyclic) bond motifs is 1. The first-order valence-electron chi connectivity index (χ1n) is 14.6. The van der Waals surface area contributed by atoms with Crippen LogP contribution >= 0.6 is 0 Å². The average molecular weight is 679 g/mol. The van der Waals surface area contributed by atoms with E-state index < -0.39 is 47.7 Å². The number of aliphatic carboxylic acids is 1. The molecule has 2 atom stereocenters. The van der Waals surface area contributed by atoms with Gasteiger partial charge < -0.3 is 31.6 Å². The molecule has 48 heavy (non-hydrogen) atoms. The second-order valence-electron chi connectivity index (χ2n) is 11.7. The molecule has 0 spiro atoms. The summed E-state index contributed by atoms with van der Waals surface area (Å²) < 4.78 is 64.8. The zero-order valence-corrected chi connectivity index (χ0v) is 26.2. The molecule has 2 aromatic heterocycles. The number of oxazole rings is 1. The van der Waals surface area contributed by atoms with Gasteiger partial charge in [0.1, 0.15) is 23.9 Å². The number of aromatic nitrogens is 2. The van der Waals surface area contributed by atoms with Crippen LogP contribution in [0.5, 0.6) is 0 Å². The Morgan fingerprint density at radius 2 is 1.71 bits per heavy atom. The fraction of sp³-hybridized carbons (Fsp3) is 0.344. The molecule has 2 aromatic carbocycles. The topological polar surface area (TPSA) is 186 Å². The maximum atomic E-state index is 14.2. The van der Waals surface area contributed by atoms with Gasteiger partial charge in [0.15, 0.2) is 5.69 Å². The number of carbonyl (C=O) groups excluding carboxylic acids is 2. The summed E-state index contributed by atoms with van der Waals surface area (Å²) in [5.41, 5.74) is 14.0. The smallest absolute Gasteiger partial charge is 0.475 e. The van der Waals surface area contributed by atoms with Crippen molar-refractivity contribution >= 4 is 34.4 Å². The number of nitrogens with one attached hydrogen (secondary N) is 2. The van der Waals surface area contributed by atoms with Crippen molar-refractivity contribution < 1.29 is 45.9 Å². The lowest BCUT2D eigenvalue weighted by molar-refractivity contribution is -0.192. The average Bonchev–Trinajstić information content (AvgIpc) is 3.50. The highest BCUT2D eigenvalue weighted by Gasteiger charge is 2.38. The Labute approximate surface area is 271 Å². The highest BCUT2D eigenvalue weighted by molar-refractivity contribution is 6.03. The molecule has 0 aliphatic rings. The fourth-order valence-corrected chi connectivity index (χ4v) is 4.27. The van der Waals surface area contributed by atoms with E-state index in [1.807, 2.05) is 24.3 Å². The Balaban J connectivity index is 0.000000804. The lowest BCUT2D eigenvalue weighted by Crippen LogP contribution is -2.43. The molecule has 0 radical (unpaired) electrons. The number of nitrogens with two attached hydrogens (primary N) is 2. The van der Waals surface area contributed by atoms with Crippen LogP contribution in [0.25, 0.3) is 10.9 Å². The van der Waals surface area contributed by atoms with Crippen LogP contribution in [0.3, 0.4) is 0 Å². The van der Waals surface area contributed by atoms with E-state index in [1.54, 1.807) is 6.20 Å². The minimum Gasteiger partial charge on any atom is -0.475 e. The molecule has 258 valence electrons. The van der Waals surface area contributed by atoms with E-state index in [2.05, 4.69) is 41.4 Å². The van der Waals surface area contributed by atoms with E-state index in [-0.39, 0.29) is 48.4 Å². The third-order valence-corrected chi connectivity index (χ3v) is 6.95. The van der Waals surface area contributed by atoms with Gasteiger partial charge in [0.2, 0.25) is 11.8 Å². The summed E-state index contributed by atoms with van der Waals surface area (Å²) in [6.45, 7) is 6.59. The molecule has 4 rings (SSSR count). The molecule has 0 aliphatic heterocycles. The van der Waals surface area contributed by atoms with E-state index in [4.69, 9.17) is 25.8 Å². The third-order valence-electron chi connectivity index (χ3n) is 6.95. The Morgan fingerprint density at radius 3 is 2.31 bits per heavy atom. The van der Waals surface area contributed by atoms with Crippen molar-refractivity contribution in [3.8, 4) is 0 Å². The van der Waals surface area contributed by atoms with Crippen molar-refractivity contribution in [1.82, 2.24) is 15.3 Å². The van der Waals surface area contributed by atoms with Crippen LogP contribution in [-0.2, 0) is 21.4 Å². The standard InChI is InChI=1S/C30H34F2N6O3.C2HF3O2/c1-30(2,3)19-7-4-18-12-21(15-35-25(18)13-19)36-28(40)26-16-41-29(38-26)24(37-27(39)23(34)10-11-33)9-6-17-5-8-20(31)14-22(17)32;3-2(4,5)1(6)7/h4-5,7-8,12-16,23-24H,6,9-11,33-34H2,1-3H3,(H,36,40)(H,37,39);(H,6,7)/t23-,24-;/m1./s1. The largest absolute Gasteiger partial charge is 0.490 e. The van der Waals surface area contributed by atoms with Crippen LogP contribution in [0.15, 0.2) is 59.3 Å². The van der Waals surface area contributed by atoms with E-state index >= 15 is 0 Å². The predicted molar refractivity (Wildman–Crippen MR) is 166 cm³/mol. The van der Waals surface area contributed by atoms with Crippen LogP contribution in [0, 0.1) is 11.6 Å². The number of nitrogens with zero attached hydrogens (tertiary/aromatic N) is 2. The van der Waals surface area contributed by atoms with Crippen molar-refractivity contribution in [2.75, 3.05) is 11.9 Å². The number of halogens is 5. The monoisotopic (exact) mass is 678 g/mol.